The van der Waals surface area contributed by atoms with Gasteiger partial charge in [0.2, 0.25) is 0 Å². The number of amidine groups is 1. The smallest absolute Gasteiger partial charge is 0.181 e. The van der Waals surface area contributed by atoms with Crippen LogP contribution in [0.4, 0.5) is 4.39 Å². The molecule has 0 saturated heterocycles. The van der Waals surface area contributed by atoms with E-state index < -0.39 is 11.5 Å². The highest BCUT2D eigenvalue weighted by atomic mass is 19.1. The molecule has 4 rings (SSSR count). The molecule has 1 heterocycles. The molecule has 6 heteroatoms. The van der Waals surface area contributed by atoms with Crippen molar-refractivity contribution in [3.63, 3.8) is 0 Å². The zero-order valence-corrected chi connectivity index (χ0v) is 18.2. The van der Waals surface area contributed by atoms with E-state index in [0.29, 0.717) is 5.84 Å². The van der Waals surface area contributed by atoms with E-state index in [1.807, 2.05) is 25.1 Å². The molecule has 5 nitrogen and oxygen atoms in total. The van der Waals surface area contributed by atoms with Gasteiger partial charge in [-0.2, -0.15) is 5.26 Å². The minimum absolute atomic E-state index is 0.0317. The van der Waals surface area contributed by atoms with Gasteiger partial charge < -0.3 is 10.5 Å². The fraction of sp³-hybridized carbons (Fsp3) is 0.400. The molecule has 1 aliphatic heterocycles. The van der Waals surface area contributed by atoms with E-state index in [9.17, 15) is 9.65 Å². The fourth-order valence-electron chi connectivity index (χ4n) is 4.81. The first-order chi connectivity index (χ1) is 14.9. The maximum absolute atomic E-state index is 13.8. The Morgan fingerprint density at radius 3 is 2.35 bits per heavy atom. The van der Waals surface area contributed by atoms with Gasteiger partial charge in [-0.3, -0.25) is 4.99 Å². The number of rotatable bonds is 4. The predicted octanol–water partition coefficient (Wildman–Crippen LogP) is 4.86. The standard InChI is InChI=1S/C25H27FN4O/c1-15-4-5-18(17-6-11-23(26)19(12-17)14-27)13-22(15)25(29-16(2)24(28)30-25)20-7-9-21(31-3)10-8-20/h4-6,11-13,20-21H,7-10H2,1-3H3,(H2,28,30). The van der Waals surface area contributed by atoms with Crippen molar-refractivity contribution < 1.29 is 9.13 Å². The molecule has 1 atom stereocenters. The number of hydrogen-bond donors (Lipinski definition) is 1. The summed E-state index contributed by atoms with van der Waals surface area (Å²) in [5.41, 5.74) is 10.0. The van der Waals surface area contributed by atoms with E-state index in [0.717, 1.165) is 53.6 Å². The largest absolute Gasteiger partial charge is 0.382 e. The lowest BCUT2D eigenvalue weighted by molar-refractivity contribution is 0.0426. The Morgan fingerprint density at radius 2 is 1.74 bits per heavy atom. The maximum Gasteiger partial charge on any atom is 0.181 e. The maximum atomic E-state index is 13.8. The van der Waals surface area contributed by atoms with Gasteiger partial charge in [0.05, 0.1) is 17.4 Å². The van der Waals surface area contributed by atoms with Crippen LogP contribution in [0.1, 0.15) is 49.3 Å². The number of aryl methyl sites for hydroxylation is 1. The van der Waals surface area contributed by atoms with Gasteiger partial charge in [0.25, 0.3) is 0 Å². The second-order valence-electron chi connectivity index (χ2n) is 8.47. The van der Waals surface area contributed by atoms with Crippen LogP contribution in [0.3, 0.4) is 0 Å². The molecule has 160 valence electrons. The van der Waals surface area contributed by atoms with Gasteiger partial charge in [-0.1, -0.05) is 18.2 Å². The van der Waals surface area contributed by atoms with Gasteiger partial charge in [-0.15, -0.1) is 0 Å². The van der Waals surface area contributed by atoms with Gasteiger partial charge in [-0.05, 0) is 74.4 Å². The molecule has 2 aliphatic rings. The Hall–Kier alpha value is -3.04. The third-order valence-corrected chi connectivity index (χ3v) is 6.63. The average Bonchev–Trinajstić information content (AvgIpc) is 3.09. The van der Waals surface area contributed by atoms with Gasteiger partial charge in [0.15, 0.2) is 5.66 Å². The molecule has 0 amide bonds. The van der Waals surface area contributed by atoms with Crippen LogP contribution in [0, 0.1) is 30.0 Å². The van der Waals surface area contributed by atoms with Crippen molar-refractivity contribution in [2.45, 2.75) is 51.3 Å². The fourth-order valence-corrected chi connectivity index (χ4v) is 4.81. The minimum Gasteiger partial charge on any atom is -0.382 e. The molecular formula is C25H27FN4O. The number of nitrogens with zero attached hydrogens (tertiary/aromatic N) is 3. The summed E-state index contributed by atoms with van der Waals surface area (Å²) < 4.78 is 19.4. The van der Waals surface area contributed by atoms with E-state index in [4.69, 9.17) is 20.5 Å². The Bertz CT molecular complexity index is 1090. The molecule has 2 aromatic rings. The molecule has 1 aliphatic carbocycles. The van der Waals surface area contributed by atoms with Crippen molar-refractivity contribution in [3.05, 3.63) is 58.9 Å². The Morgan fingerprint density at radius 1 is 1.06 bits per heavy atom. The summed E-state index contributed by atoms with van der Waals surface area (Å²) >= 11 is 0. The van der Waals surface area contributed by atoms with Crippen molar-refractivity contribution in [3.8, 4) is 17.2 Å². The molecular weight excluding hydrogens is 391 g/mol. The normalized spacial score (nSPS) is 25.6. The molecule has 2 aromatic carbocycles. The van der Waals surface area contributed by atoms with Crippen molar-refractivity contribution in [2.75, 3.05) is 7.11 Å². The van der Waals surface area contributed by atoms with Crippen LogP contribution in [0.25, 0.3) is 11.1 Å². The number of halogens is 1. The van der Waals surface area contributed by atoms with Crippen LogP contribution in [-0.2, 0) is 10.4 Å². The highest BCUT2D eigenvalue weighted by Crippen LogP contribution is 2.47. The quantitative estimate of drug-likeness (QED) is 0.769. The number of hydrogen-bond acceptors (Lipinski definition) is 5. The van der Waals surface area contributed by atoms with Gasteiger partial charge >= 0.3 is 0 Å². The molecule has 0 radical (unpaired) electrons. The number of benzene rings is 2. The van der Waals surface area contributed by atoms with Crippen molar-refractivity contribution in [1.82, 2.24) is 0 Å². The summed E-state index contributed by atoms with van der Waals surface area (Å²) in [5.74, 6) is 0.178. The third kappa shape index (κ3) is 3.75. The zero-order chi connectivity index (χ0) is 22.2. The highest BCUT2D eigenvalue weighted by Gasteiger charge is 2.46. The number of ether oxygens (including phenoxy) is 1. The van der Waals surface area contributed by atoms with Crippen LogP contribution < -0.4 is 5.73 Å². The van der Waals surface area contributed by atoms with E-state index >= 15 is 0 Å². The first-order valence-electron chi connectivity index (χ1n) is 10.6. The van der Waals surface area contributed by atoms with Crippen LogP contribution in [-0.4, -0.2) is 24.8 Å². The van der Waals surface area contributed by atoms with E-state index in [1.165, 1.54) is 6.07 Å². The molecule has 0 bridgehead atoms. The Balaban J connectivity index is 1.82. The lowest BCUT2D eigenvalue weighted by Gasteiger charge is -2.38. The van der Waals surface area contributed by atoms with Crippen molar-refractivity contribution in [1.29, 1.82) is 5.26 Å². The first-order valence-corrected chi connectivity index (χ1v) is 10.6. The monoisotopic (exact) mass is 418 g/mol. The summed E-state index contributed by atoms with van der Waals surface area (Å²) in [6.45, 7) is 3.96. The Labute approximate surface area is 182 Å². The number of methoxy groups -OCH3 is 1. The molecule has 1 saturated carbocycles. The van der Waals surface area contributed by atoms with E-state index in [1.54, 1.807) is 19.2 Å². The predicted molar refractivity (Wildman–Crippen MR) is 120 cm³/mol. The highest BCUT2D eigenvalue weighted by molar-refractivity contribution is 6.41. The second-order valence-corrected chi connectivity index (χ2v) is 8.47. The van der Waals surface area contributed by atoms with Gasteiger partial charge in [0.1, 0.15) is 17.7 Å². The topological polar surface area (TPSA) is 83.8 Å². The van der Waals surface area contributed by atoms with Crippen LogP contribution >= 0.6 is 0 Å². The average molecular weight is 419 g/mol. The third-order valence-electron chi connectivity index (χ3n) is 6.63. The van der Waals surface area contributed by atoms with Crippen LogP contribution in [0.5, 0.6) is 0 Å². The van der Waals surface area contributed by atoms with Gasteiger partial charge in [-0.25, -0.2) is 9.38 Å². The molecule has 1 unspecified atom stereocenters. The summed E-state index contributed by atoms with van der Waals surface area (Å²) in [4.78, 5) is 9.95. The van der Waals surface area contributed by atoms with Gasteiger partial charge in [0, 0.05) is 18.6 Å². The summed E-state index contributed by atoms with van der Waals surface area (Å²) in [6, 6.07) is 12.6. The first kappa shape index (κ1) is 21.2. The Kier molecular flexibility index (Phi) is 5.63. The summed E-state index contributed by atoms with van der Waals surface area (Å²) in [7, 11) is 1.76. The lowest BCUT2D eigenvalue weighted by atomic mass is 9.74. The summed E-state index contributed by atoms with van der Waals surface area (Å²) in [5, 5.41) is 9.22. The SMILES string of the molecule is COC1CCC(C2(c3cc(-c4ccc(F)c(C#N)c4)ccc3C)N=C(C)C(N)=N2)CC1. The van der Waals surface area contributed by atoms with Crippen molar-refractivity contribution >= 4 is 11.5 Å². The molecule has 2 N–H and O–H groups in total. The molecule has 31 heavy (non-hydrogen) atoms. The lowest BCUT2D eigenvalue weighted by Crippen LogP contribution is -2.36. The second kappa shape index (κ2) is 8.24. The minimum atomic E-state index is -0.759. The van der Waals surface area contributed by atoms with E-state index in [2.05, 4.69) is 13.0 Å². The number of nitrogens with two attached hydrogens (primary N) is 1. The molecule has 1 fully saturated rings. The molecule has 0 spiro atoms. The number of nitriles is 1. The zero-order valence-electron chi connectivity index (χ0n) is 18.2. The number of aliphatic imine (C=N–C) groups is 2. The molecule has 0 aromatic heterocycles. The van der Waals surface area contributed by atoms with Crippen molar-refractivity contribution in [2.24, 2.45) is 21.6 Å². The van der Waals surface area contributed by atoms with Crippen LogP contribution in [0.2, 0.25) is 0 Å². The van der Waals surface area contributed by atoms with Crippen LogP contribution in [0.15, 0.2) is 46.4 Å². The van der Waals surface area contributed by atoms with E-state index in [-0.39, 0.29) is 17.6 Å². The summed E-state index contributed by atoms with van der Waals surface area (Å²) in [6.07, 6.45) is 4.11.